The average Bonchev–Trinajstić information content (AvgIpc) is 3.03. The van der Waals surface area contributed by atoms with E-state index in [2.05, 4.69) is 0 Å². The molecule has 1 heterocycles. The molecule has 26 heavy (non-hydrogen) atoms. The smallest absolute Gasteiger partial charge is 0.232 e. The second kappa shape index (κ2) is 7.68. The molecule has 0 atom stereocenters. The molecule has 0 spiro atoms. The predicted octanol–water partition coefficient (Wildman–Crippen LogP) is 3.48. The first-order valence-electron chi connectivity index (χ1n) is 8.48. The highest BCUT2D eigenvalue weighted by atomic mass is 35.5. The minimum absolute atomic E-state index is 0.0273. The SMILES string of the molecule is CS(=O)(=O)N(CCCC(=O)N1CCc2ccccc21)c1ccc(Cl)cc1. The van der Waals surface area contributed by atoms with Gasteiger partial charge >= 0.3 is 0 Å². The van der Waals surface area contributed by atoms with Gasteiger partial charge in [-0.05, 0) is 48.7 Å². The van der Waals surface area contributed by atoms with Crippen molar-refractivity contribution in [1.29, 1.82) is 0 Å². The van der Waals surface area contributed by atoms with E-state index in [1.165, 1.54) is 16.1 Å². The van der Waals surface area contributed by atoms with E-state index < -0.39 is 10.0 Å². The number of carbonyl (C=O) groups excluding carboxylic acids is 1. The number of hydrogen-bond donors (Lipinski definition) is 0. The molecule has 0 N–H and O–H groups in total. The zero-order valence-electron chi connectivity index (χ0n) is 14.6. The topological polar surface area (TPSA) is 57.7 Å². The zero-order valence-corrected chi connectivity index (χ0v) is 16.1. The fraction of sp³-hybridized carbons (Fsp3) is 0.316. The molecule has 0 unspecified atom stereocenters. The lowest BCUT2D eigenvalue weighted by molar-refractivity contribution is -0.118. The fourth-order valence-corrected chi connectivity index (χ4v) is 4.29. The van der Waals surface area contributed by atoms with E-state index >= 15 is 0 Å². The van der Waals surface area contributed by atoms with Crippen LogP contribution in [-0.4, -0.2) is 33.7 Å². The third kappa shape index (κ3) is 4.19. The van der Waals surface area contributed by atoms with Gasteiger partial charge in [-0.1, -0.05) is 29.8 Å². The van der Waals surface area contributed by atoms with Gasteiger partial charge in [0.2, 0.25) is 15.9 Å². The summed E-state index contributed by atoms with van der Waals surface area (Å²) in [6, 6.07) is 14.5. The highest BCUT2D eigenvalue weighted by Crippen LogP contribution is 2.28. The zero-order chi connectivity index (χ0) is 18.7. The molecule has 1 aliphatic rings. The van der Waals surface area contributed by atoms with E-state index in [0.717, 1.165) is 12.1 Å². The second-order valence-electron chi connectivity index (χ2n) is 6.34. The number of halogens is 1. The van der Waals surface area contributed by atoms with Crippen molar-refractivity contribution in [3.05, 3.63) is 59.1 Å². The molecule has 0 aliphatic carbocycles. The van der Waals surface area contributed by atoms with Crippen molar-refractivity contribution >= 4 is 38.9 Å². The van der Waals surface area contributed by atoms with Crippen molar-refractivity contribution in [2.75, 3.05) is 28.6 Å². The summed E-state index contributed by atoms with van der Waals surface area (Å²) in [5.41, 5.74) is 2.70. The van der Waals surface area contributed by atoms with E-state index in [9.17, 15) is 13.2 Å². The van der Waals surface area contributed by atoms with Crippen LogP contribution in [0.3, 0.4) is 0 Å². The molecule has 0 fully saturated rings. The Labute approximate surface area is 159 Å². The molecule has 3 rings (SSSR count). The van der Waals surface area contributed by atoms with Gasteiger partial charge in [-0.3, -0.25) is 9.10 Å². The number of rotatable bonds is 6. The quantitative estimate of drug-likeness (QED) is 0.756. The number of anilines is 2. The normalized spacial score (nSPS) is 13.5. The predicted molar refractivity (Wildman–Crippen MR) is 105 cm³/mol. The van der Waals surface area contributed by atoms with E-state index in [0.29, 0.717) is 30.1 Å². The highest BCUT2D eigenvalue weighted by molar-refractivity contribution is 7.92. The number of carbonyl (C=O) groups is 1. The Balaban J connectivity index is 1.64. The Morgan fingerprint density at radius 3 is 2.54 bits per heavy atom. The molecule has 1 amide bonds. The maximum Gasteiger partial charge on any atom is 0.232 e. The average molecular weight is 393 g/mol. The van der Waals surface area contributed by atoms with E-state index in [4.69, 9.17) is 11.6 Å². The van der Waals surface area contributed by atoms with Crippen LogP contribution in [0.25, 0.3) is 0 Å². The lowest BCUT2D eigenvalue weighted by Gasteiger charge is -2.23. The molecular weight excluding hydrogens is 372 g/mol. The molecule has 0 saturated heterocycles. The van der Waals surface area contributed by atoms with Gasteiger partial charge in [0.05, 0.1) is 11.9 Å². The van der Waals surface area contributed by atoms with Crippen LogP contribution < -0.4 is 9.21 Å². The molecule has 2 aromatic carbocycles. The summed E-state index contributed by atoms with van der Waals surface area (Å²) in [5.74, 6) is 0.0273. The number of amides is 1. The van der Waals surface area contributed by atoms with Crippen molar-refractivity contribution < 1.29 is 13.2 Å². The number of hydrogen-bond acceptors (Lipinski definition) is 3. The first kappa shape index (κ1) is 18.7. The van der Waals surface area contributed by atoms with Gasteiger partial charge in [0.25, 0.3) is 0 Å². The second-order valence-corrected chi connectivity index (χ2v) is 8.68. The van der Waals surface area contributed by atoms with Crippen molar-refractivity contribution in [2.24, 2.45) is 0 Å². The van der Waals surface area contributed by atoms with Crippen LogP contribution in [0.2, 0.25) is 5.02 Å². The summed E-state index contributed by atoms with van der Waals surface area (Å²) in [5, 5.41) is 0.546. The van der Waals surface area contributed by atoms with Gasteiger partial charge in [-0.2, -0.15) is 0 Å². The minimum Gasteiger partial charge on any atom is -0.312 e. The molecule has 5 nitrogen and oxygen atoms in total. The van der Waals surface area contributed by atoms with Gasteiger partial charge < -0.3 is 4.90 Å². The summed E-state index contributed by atoms with van der Waals surface area (Å²) < 4.78 is 25.5. The Morgan fingerprint density at radius 2 is 1.85 bits per heavy atom. The minimum atomic E-state index is -3.43. The maximum absolute atomic E-state index is 12.6. The number of benzene rings is 2. The molecule has 0 bridgehead atoms. The van der Waals surface area contributed by atoms with Crippen molar-refractivity contribution in [3.63, 3.8) is 0 Å². The van der Waals surface area contributed by atoms with E-state index in [1.54, 1.807) is 29.2 Å². The summed E-state index contributed by atoms with van der Waals surface area (Å²) in [6.07, 6.45) is 2.78. The third-order valence-corrected chi connectivity index (χ3v) is 5.90. The van der Waals surface area contributed by atoms with Gasteiger partial charge in [-0.15, -0.1) is 0 Å². The molecule has 0 aromatic heterocycles. The molecule has 7 heteroatoms. The van der Waals surface area contributed by atoms with Crippen LogP contribution in [0.5, 0.6) is 0 Å². The van der Waals surface area contributed by atoms with Crippen LogP contribution in [0.15, 0.2) is 48.5 Å². The van der Waals surface area contributed by atoms with Crippen molar-refractivity contribution in [1.82, 2.24) is 0 Å². The Kier molecular flexibility index (Phi) is 5.53. The number of sulfonamides is 1. The van der Waals surface area contributed by atoms with Crippen LogP contribution in [-0.2, 0) is 21.2 Å². The molecule has 2 aromatic rings. The lowest BCUT2D eigenvalue weighted by Crippen LogP contribution is -2.33. The van der Waals surface area contributed by atoms with Crippen molar-refractivity contribution in [3.8, 4) is 0 Å². The van der Waals surface area contributed by atoms with E-state index in [1.807, 2.05) is 24.3 Å². The van der Waals surface area contributed by atoms with Crippen LogP contribution in [0.4, 0.5) is 11.4 Å². The Bertz CT molecular complexity index is 897. The van der Waals surface area contributed by atoms with Crippen LogP contribution in [0.1, 0.15) is 18.4 Å². The summed E-state index contributed by atoms with van der Waals surface area (Å²) in [6.45, 7) is 0.937. The Hall–Kier alpha value is -2.05. The fourth-order valence-electron chi connectivity index (χ4n) is 3.20. The summed E-state index contributed by atoms with van der Waals surface area (Å²) in [7, 11) is -3.43. The molecule has 0 saturated carbocycles. The largest absolute Gasteiger partial charge is 0.312 e. The highest BCUT2D eigenvalue weighted by Gasteiger charge is 2.24. The van der Waals surface area contributed by atoms with Gasteiger partial charge in [0, 0.05) is 30.2 Å². The van der Waals surface area contributed by atoms with Gasteiger partial charge in [0.1, 0.15) is 0 Å². The number of nitrogens with zero attached hydrogens (tertiary/aromatic N) is 2. The monoisotopic (exact) mass is 392 g/mol. The first-order chi connectivity index (χ1) is 12.4. The lowest BCUT2D eigenvalue weighted by atomic mass is 10.2. The maximum atomic E-state index is 12.6. The summed E-state index contributed by atoms with van der Waals surface area (Å²) in [4.78, 5) is 14.4. The van der Waals surface area contributed by atoms with Crippen LogP contribution >= 0.6 is 11.6 Å². The van der Waals surface area contributed by atoms with Gasteiger partial charge in [-0.25, -0.2) is 8.42 Å². The molecular formula is C19H21ClN2O3S. The first-order valence-corrected chi connectivity index (χ1v) is 10.7. The van der Waals surface area contributed by atoms with Gasteiger partial charge in [0.15, 0.2) is 0 Å². The van der Waals surface area contributed by atoms with Crippen LogP contribution in [0, 0.1) is 0 Å². The standard InChI is InChI=1S/C19H21ClN2O3S/c1-26(24,25)22(17-10-8-16(20)9-11-17)13-4-7-19(23)21-14-12-15-5-2-3-6-18(15)21/h2-3,5-6,8-11H,4,7,12-14H2,1H3. The Morgan fingerprint density at radius 1 is 1.15 bits per heavy atom. The summed E-state index contributed by atoms with van der Waals surface area (Å²) >= 11 is 5.87. The molecule has 1 aliphatic heterocycles. The van der Waals surface area contributed by atoms with E-state index in [-0.39, 0.29) is 12.5 Å². The third-order valence-electron chi connectivity index (χ3n) is 4.46. The molecule has 0 radical (unpaired) electrons. The number of fused-ring (bicyclic) bond motifs is 1. The molecule has 138 valence electrons. The number of para-hydroxylation sites is 1. The van der Waals surface area contributed by atoms with Crippen molar-refractivity contribution in [2.45, 2.75) is 19.3 Å².